The van der Waals surface area contributed by atoms with E-state index in [0.717, 1.165) is 24.8 Å². The molecule has 0 saturated carbocycles. The molecule has 1 aromatic carbocycles. The molecule has 7 heteroatoms. The molecule has 7 nitrogen and oxygen atoms in total. The Hall–Kier alpha value is -2.15. The van der Waals surface area contributed by atoms with Gasteiger partial charge >= 0.3 is 6.03 Å². The van der Waals surface area contributed by atoms with Gasteiger partial charge in [0.25, 0.3) is 5.69 Å². The van der Waals surface area contributed by atoms with Crippen LogP contribution < -0.4 is 5.32 Å². The Labute approximate surface area is 141 Å². The first-order valence-corrected chi connectivity index (χ1v) is 8.49. The standard InChI is InChI=1S/C17H25N3O4/c1-2-16(13-6-5-8-15(12-13)20(23)24)18-17(22)19-10-4-3-7-14(19)9-11-21/h5-6,8,12,14,16,21H,2-4,7,9-11H2,1H3,(H,18,22). The molecule has 1 saturated heterocycles. The molecule has 0 spiro atoms. The van der Waals surface area contributed by atoms with Crippen molar-refractivity contribution in [3.8, 4) is 0 Å². The number of likely N-dealkylation sites (tertiary alicyclic amines) is 1. The van der Waals surface area contributed by atoms with E-state index >= 15 is 0 Å². The van der Waals surface area contributed by atoms with Crippen LogP contribution in [0.3, 0.4) is 0 Å². The summed E-state index contributed by atoms with van der Waals surface area (Å²) in [4.78, 5) is 24.9. The van der Waals surface area contributed by atoms with Gasteiger partial charge in [-0.05, 0) is 37.7 Å². The van der Waals surface area contributed by atoms with Crippen molar-refractivity contribution < 1.29 is 14.8 Å². The van der Waals surface area contributed by atoms with Crippen LogP contribution in [-0.2, 0) is 0 Å². The molecule has 2 rings (SSSR count). The fourth-order valence-electron chi connectivity index (χ4n) is 3.23. The molecule has 1 aliphatic heterocycles. The number of rotatable bonds is 6. The first-order chi connectivity index (χ1) is 11.6. The van der Waals surface area contributed by atoms with Crippen molar-refractivity contribution in [1.82, 2.24) is 10.2 Å². The van der Waals surface area contributed by atoms with Gasteiger partial charge in [0.05, 0.1) is 11.0 Å². The predicted molar refractivity (Wildman–Crippen MR) is 90.7 cm³/mol. The highest BCUT2D eigenvalue weighted by Gasteiger charge is 2.27. The number of nitro groups is 1. The van der Waals surface area contributed by atoms with E-state index in [2.05, 4.69) is 5.32 Å². The van der Waals surface area contributed by atoms with Crippen LogP contribution in [0.25, 0.3) is 0 Å². The third-order valence-electron chi connectivity index (χ3n) is 4.54. The van der Waals surface area contributed by atoms with Gasteiger partial charge in [-0.3, -0.25) is 10.1 Å². The van der Waals surface area contributed by atoms with Gasteiger partial charge in [-0.25, -0.2) is 4.79 Å². The largest absolute Gasteiger partial charge is 0.396 e. The Morgan fingerprint density at radius 3 is 2.96 bits per heavy atom. The summed E-state index contributed by atoms with van der Waals surface area (Å²) in [6, 6.07) is 6.02. The second-order valence-electron chi connectivity index (χ2n) is 6.12. The number of aliphatic hydroxyl groups is 1. The van der Waals surface area contributed by atoms with Gasteiger partial charge in [-0.1, -0.05) is 19.1 Å². The highest BCUT2D eigenvalue weighted by atomic mass is 16.6. The summed E-state index contributed by atoms with van der Waals surface area (Å²) in [5, 5.41) is 23.1. The number of carbonyl (C=O) groups is 1. The maximum Gasteiger partial charge on any atom is 0.318 e. The van der Waals surface area contributed by atoms with E-state index in [-0.39, 0.29) is 30.4 Å². The van der Waals surface area contributed by atoms with Crippen molar-refractivity contribution in [1.29, 1.82) is 0 Å². The molecule has 2 amide bonds. The fourth-order valence-corrected chi connectivity index (χ4v) is 3.23. The number of carbonyl (C=O) groups excluding carboxylic acids is 1. The van der Waals surface area contributed by atoms with Crippen LogP contribution in [-0.4, -0.2) is 40.2 Å². The highest BCUT2D eigenvalue weighted by Crippen LogP contribution is 2.24. The summed E-state index contributed by atoms with van der Waals surface area (Å²) in [6.45, 7) is 2.68. The molecule has 0 aliphatic carbocycles. The Bertz CT molecular complexity index is 577. The number of piperidine rings is 1. The summed E-state index contributed by atoms with van der Waals surface area (Å²) < 4.78 is 0. The monoisotopic (exact) mass is 335 g/mol. The number of hydrogen-bond donors (Lipinski definition) is 2. The molecule has 0 bridgehead atoms. The number of nitrogens with one attached hydrogen (secondary N) is 1. The Balaban J connectivity index is 2.09. The number of aliphatic hydroxyl groups excluding tert-OH is 1. The number of amides is 2. The molecular formula is C17H25N3O4. The number of urea groups is 1. The van der Waals surface area contributed by atoms with Gasteiger partial charge in [0.1, 0.15) is 0 Å². The molecule has 24 heavy (non-hydrogen) atoms. The second-order valence-corrected chi connectivity index (χ2v) is 6.12. The van der Waals surface area contributed by atoms with E-state index in [1.807, 2.05) is 6.92 Å². The van der Waals surface area contributed by atoms with Gasteiger partial charge < -0.3 is 15.3 Å². The van der Waals surface area contributed by atoms with Crippen LogP contribution >= 0.6 is 0 Å². The minimum absolute atomic E-state index is 0.0244. The van der Waals surface area contributed by atoms with Gasteiger partial charge in [0.2, 0.25) is 0 Å². The normalized spacial score (nSPS) is 18.9. The number of nitrogens with zero attached hydrogens (tertiary/aromatic N) is 2. The summed E-state index contributed by atoms with van der Waals surface area (Å²) in [5.41, 5.74) is 0.757. The minimum Gasteiger partial charge on any atom is -0.396 e. The predicted octanol–water partition coefficient (Wildman–Crippen LogP) is 2.99. The van der Waals surface area contributed by atoms with E-state index in [0.29, 0.717) is 19.4 Å². The van der Waals surface area contributed by atoms with Gasteiger partial charge in [-0.2, -0.15) is 0 Å². The molecule has 0 aromatic heterocycles. The van der Waals surface area contributed by atoms with Crippen molar-refractivity contribution in [2.24, 2.45) is 0 Å². The first kappa shape index (κ1) is 18.2. The lowest BCUT2D eigenvalue weighted by molar-refractivity contribution is -0.384. The molecule has 1 aliphatic rings. The van der Waals surface area contributed by atoms with Crippen LogP contribution in [0, 0.1) is 10.1 Å². The zero-order chi connectivity index (χ0) is 17.5. The number of hydrogen-bond acceptors (Lipinski definition) is 4. The van der Waals surface area contributed by atoms with Gasteiger partial charge in [0.15, 0.2) is 0 Å². The summed E-state index contributed by atoms with van der Waals surface area (Å²) in [7, 11) is 0. The molecule has 1 heterocycles. The summed E-state index contributed by atoms with van der Waals surface area (Å²) in [6.07, 6.45) is 4.16. The SMILES string of the molecule is CCC(NC(=O)N1CCCCC1CCO)c1cccc([N+](=O)[O-])c1. The van der Waals surface area contributed by atoms with Crippen molar-refractivity contribution in [2.75, 3.05) is 13.2 Å². The topological polar surface area (TPSA) is 95.7 Å². The van der Waals surface area contributed by atoms with Crippen molar-refractivity contribution in [3.63, 3.8) is 0 Å². The maximum absolute atomic E-state index is 12.6. The molecule has 2 N–H and O–H groups in total. The van der Waals surface area contributed by atoms with Crippen LogP contribution in [0.2, 0.25) is 0 Å². The number of benzene rings is 1. The molecular weight excluding hydrogens is 310 g/mol. The number of nitro benzene ring substituents is 1. The average molecular weight is 335 g/mol. The molecule has 0 radical (unpaired) electrons. The highest BCUT2D eigenvalue weighted by molar-refractivity contribution is 5.75. The fraction of sp³-hybridized carbons (Fsp3) is 0.588. The lowest BCUT2D eigenvalue weighted by Gasteiger charge is -2.36. The molecule has 2 unspecified atom stereocenters. The third kappa shape index (κ3) is 4.44. The van der Waals surface area contributed by atoms with Crippen LogP contribution in [0.15, 0.2) is 24.3 Å². The third-order valence-corrected chi connectivity index (χ3v) is 4.54. The van der Waals surface area contributed by atoms with Crippen molar-refractivity contribution in [2.45, 2.75) is 51.1 Å². The van der Waals surface area contributed by atoms with E-state index in [1.54, 1.807) is 17.0 Å². The molecule has 1 fully saturated rings. The van der Waals surface area contributed by atoms with Crippen LogP contribution in [0.1, 0.15) is 50.6 Å². The smallest absolute Gasteiger partial charge is 0.318 e. The summed E-state index contributed by atoms with van der Waals surface area (Å²) >= 11 is 0. The maximum atomic E-state index is 12.6. The van der Waals surface area contributed by atoms with Crippen LogP contribution in [0.4, 0.5) is 10.5 Å². The molecule has 1 aromatic rings. The van der Waals surface area contributed by atoms with E-state index < -0.39 is 4.92 Å². The van der Waals surface area contributed by atoms with E-state index in [9.17, 15) is 20.0 Å². The van der Waals surface area contributed by atoms with Crippen LogP contribution in [0.5, 0.6) is 0 Å². The van der Waals surface area contributed by atoms with Gasteiger partial charge in [0, 0.05) is 31.3 Å². The van der Waals surface area contributed by atoms with Crippen molar-refractivity contribution >= 4 is 11.7 Å². The Morgan fingerprint density at radius 2 is 2.29 bits per heavy atom. The number of non-ortho nitro benzene ring substituents is 1. The van der Waals surface area contributed by atoms with Gasteiger partial charge in [-0.15, -0.1) is 0 Å². The Kier molecular flexibility index (Phi) is 6.54. The quantitative estimate of drug-likeness (QED) is 0.617. The van der Waals surface area contributed by atoms with E-state index in [1.165, 1.54) is 12.1 Å². The first-order valence-electron chi connectivity index (χ1n) is 8.49. The lowest BCUT2D eigenvalue weighted by Crippen LogP contribution is -2.49. The Morgan fingerprint density at radius 1 is 1.50 bits per heavy atom. The minimum atomic E-state index is -0.431. The molecule has 132 valence electrons. The zero-order valence-electron chi connectivity index (χ0n) is 14.0. The summed E-state index contributed by atoms with van der Waals surface area (Å²) in [5.74, 6) is 0. The second kappa shape index (κ2) is 8.63. The van der Waals surface area contributed by atoms with E-state index in [4.69, 9.17) is 0 Å². The average Bonchev–Trinajstić information content (AvgIpc) is 2.60. The zero-order valence-corrected chi connectivity index (χ0v) is 14.0. The lowest BCUT2D eigenvalue weighted by atomic mass is 9.99. The van der Waals surface area contributed by atoms with Crippen molar-refractivity contribution in [3.05, 3.63) is 39.9 Å². The molecule has 2 atom stereocenters.